The van der Waals surface area contributed by atoms with E-state index in [9.17, 15) is 23.3 Å². The highest BCUT2D eigenvalue weighted by Crippen LogP contribution is 2.26. The van der Waals surface area contributed by atoms with Crippen LogP contribution >= 0.6 is 0 Å². The zero-order valence-electron chi connectivity index (χ0n) is 16.5. The number of benzene rings is 1. The Morgan fingerprint density at radius 2 is 1.52 bits per heavy atom. The molecule has 10 heteroatoms. The molecule has 0 spiro atoms. The molecule has 9 nitrogen and oxygen atoms in total. The van der Waals surface area contributed by atoms with Crippen molar-refractivity contribution in [3.8, 4) is 0 Å². The molecule has 0 saturated carbocycles. The Balaban J connectivity index is 1.58. The third kappa shape index (κ3) is 5.31. The monoisotopic (exact) mass is 424 g/mol. The van der Waals surface area contributed by atoms with Crippen LogP contribution in [0.25, 0.3) is 0 Å². The number of hydrogen-bond donors (Lipinski definition) is 0. The van der Waals surface area contributed by atoms with Crippen LogP contribution in [0.4, 0.5) is 5.69 Å². The zero-order chi connectivity index (χ0) is 20.9. The lowest BCUT2D eigenvalue weighted by Gasteiger charge is -2.35. The van der Waals surface area contributed by atoms with Gasteiger partial charge in [-0.05, 0) is 18.9 Å². The predicted octanol–water partition coefficient (Wildman–Crippen LogP) is 1.69. The molecule has 2 heterocycles. The van der Waals surface area contributed by atoms with Crippen molar-refractivity contribution in [2.24, 2.45) is 0 Å². The molecular weight excluding hydrogens is 396 g/mol. The fourth-order valence-electron chi connectivity index (χ4n) is 3.88. The first kappa shape index (κ1) is 21.7. The number of nitro benzene ring substituents is 1. The van der Waals surface area contributed by atoms with Crippen LogP contribution in [0.1, 0.15) is 32.1 Å². The molecule has 0 unspecified atom stereocenters. The lowest BCUT2D eigenvalue weighted by atomic mass is 10.1. The van der Waals surface area contributed by atoms with E-state index in [1.807, 2.05) is 9.80 Å². The van der Waals surface area contributed by atoms with Gasteiger partial charge >= 0.3 is 0 Å². The summed E-state index contributed by atoms with van der Waals surface area (Å²) in [6, 6.07) is 5.40. The highest BCUT2D eigenvalue weighted by Gasteiger charge is 2.34. The molecule has 2 aliphatic rings. The largest absolute Gasteiger partial charge is 0.342 e. The second kappa shape index (κ2) is 9.64. The number of nitrogens with zero attached hydrogens (tertiary/aromatic N) is 4. The van der Waals surface area contributed by atoms with Crippen LogP contribution < -0.4 is 0 Å². The molecule has 2 saturated heterocycles. The van der Waals surface area contributed by atoms with Gasteiger partial charge in [-0.1, -0.05) is 31.4 Å². The fraction of sp³-hybridized carbons (Fsp3) is 0.632. The SMILES string of the molecule is O=C(CN1CCN(S(=O)(=O)c2ccccc2[N+](=O)[O-])CC1)N1CCCCCCC1. The molecule has 0 N–H and O–H groups in total. The van der Waals surface area contributed by atoms with Gasteiger partial charge in [0.15, 0.2) is 4.90 Å². The molecule has 2 fully saturated rings. The number of piperazine rings is 1. The van der Waals surface area contributed by atoms with Gasteiger partial charge in [0.25, 0.3) is 5.69 Å². The summed E-state index contributed by atoms with van der Waals surface area (Å²) in [5.74, 6) is 0.0990. The summed E-state index contributed by atoms with van der Waals surface area (Å²) in [5, 5.41) is 11.2. The van der Waals surface area contributed by atoms with Gasteiger partial charge in [-0.25, -0.2) is 8.42 Å². The summed E-state index contributed by atoms with van der Waals surface area (Å²) >= 11 is 0. The lowest BCUT2D eigenvalue weighted by Crippen LogP contribution is -2.51. The summed E-state index contributed by atoms with van der Waals surface area (Å²) < 4.78 is 27.0. The zero-order valence-corrected chi connectivity index (χ0v) is 17.3. The van der Waals surface area contributed by atoms with Crippen molar-refractivity contribution in [3.63, 3.8) is 0 Å². The fourth-order valence-corrected chi connectivity index (χ4v) is 5.46. The van der Waals surface area contributed by atoms with Gasteiger partial charge < -0.3 is 4.90 Å². The molecule has 0 atom stereocenters. The summed E-state index contributed by atoms with van der Waals surface area (Å²) in [5.41, 5.74) is -0.415. The molecule has 1 aromatic rings. The van der Waals surface area contributed by atoms with Crippen molar-refractivity contribution in [1.82, 2.24) is 14.1 Å². The minimum atomic E-state index is -3.95. The van der Waals surface area contributed by atoms with Crippen molar-refractivity contribution in [2.75, 3.05) is 45.8 Å². The number of hydrogen-bond acceptors (Lipinski definition) is 6. The number of para-hydroxylation sites is 1. The molecule has 1 aromatic carbocycles. The number of nitro groups is 1. The van der Waals surface area contributed by atoms with E-state index in [4.69, 9.17) is 0 Å². The highest BCUT2D eigenvalue weighted by atomic mass is 32.2. The minimum Gasteiger partial charge on any atom is -0.342 e. The van der Waals surface area contributed by atoms with Crippen molar-refractivity contribution >= 4 is 21.6 Å². The molecule has 3 rings (SSSR count). The number of rotatable bonds is 5. The van der Waals surface area contributed by atoms with Crippen LogP contribution in [-0.2, 0) is 14.8 Å². The van der Waals surface area contributed by atoms with Gasteiger partial charge in [0, 0.05) is 45.3 Å². The van der Waals surface area contributed by atoms with Crippen LogP contribution in [0.5, 0.6) is 0 Å². The number of likely N-dealkylation sites (tertiary alicyclic amines) is 1. The minimum absolute atomic E-state index is 0.0990. The summed E-state index contributed by atoms with van der Waals surface area (Å²) in [4.78, 5) is 26.8. The van der Waals surface area contributed by atoms with Crippen LogP contribution in [0.2, 0.25) is 0 Å². The van der Waals surface area contributed by atoms with E-state index in [0.717, 1.165) is 38.8 Å². The Bertz CT molecular complexity index is 829. The molecule has 0 bridgehead atoms. The molecule has 1 amide bonds. The average molecular weight is 425 g/mol. The molecular formula is C19H28N4O5S. The van der Waals surface area contributed by atoms with E-state index in [0.29, 0.717) is 19.6 Å². The Hall–Kier alpha value is -2.04. The normalized spacial score (nSPS) is 20.1. The molecule has 2 aliphatic heterocycles. The Morgan fingerprint density at radius 3 is 2.14 bits per heavy atom. The summed E-state index contributed by atoms with van der Waals surface area (Å²) in [7, 11) is -3.95. The topological polar surface area (TPSA) is 104 Å². The Morgan fingerprint density at radius 1 is 0.931 bits per heavy atom. The Kier molecular flexibility index (Phi) is 7.20. The van der Waals surface area contributed by atoms with Gasteiger partial charge in [0.1, 0.15) is 0 Å². The first-order valence-electron chi connectivity index (χ1n) is 10.1. The molecule has 0 radical (unpaired) electrons. The quantitative estimate of drug-likeness (QED) is 0.526. The van der Waals surface area contributed by atoms with Crippen molar-refractivity contribution in [2.45, 2.75) is 37.0 Å². The molecule has 0 aromatic heterocycles. The average Bonchev–Trinajstić information content (AvgIpc) is 2.68. The second-order valence-corrected chi connectivity index (χ2v) is 9.46. The first-order valence-corrected chi connectivity index (χ1v) is 11.6. The standard InChI is InChI=1S/C19H28N4O5S/c24-19(21-10-6-2-1-3-7-11-21)16-20-12-14-22(15-13-20)29(27,28)18-9-5-4-8-17(18)23(25)26/h4-5,8-9H,1-3,6-7,10-16H2. The van der Waals surface area contributed by atoms with E-state index < -0.39 is 20.6 Å². The number of sulfonamides is 1. The van der Waals surface area contributed by atoms with E-state index in [2.05, 4.69) is 0 Å². The van der Waals surface area contributed by atoms with E-state index in [1.165, 1.54) is 35.0 Å². The molecule has 0 aliphatic carbocycles. The van der Waals surface area contributed by atoms with Gasteiger partial charge in [0.05, 0.1) is 11.5 Å². The molecule has 29 heavy (non-hydrogen) atoms. The smallest absolute Gasteiger partial charge is 0.289 e. The number of carbonyl (C=O) groups excluding carboxylic acids is 1. The van der Waals surface area contributed by atoms with Crippen LogP contribution in [-0.4, -0.2) is 79.2 Å². The van der Waals surface area contributed by atoms with Gasteiger partial charge in [-0.15, -0.1) is 0 Å². The summed E-state index contributed by atoms with van der Waals surface area (Å²) in [6.07, 6.45) is 5.62. The van der Waals surface area contributed by atoms with Crippen LogP contribution in [0.3, 0.4) is 0 Å². The van der Waals surface area contributed by atoms with Gasteiger partial charge in [0.2, 0.25) is 15.9 Å². The van der Waals surface area contributed by atoms with Crippen molar-refractivity contribution in [3.05, 3.63) is 34.4 Å². The van der Waals surface area contributed by atoms with E-state index in [-0.39, 0.29) is 23.9 Å². The number of amides is 1. The number of carbonyl (C=O) groups is 1. The van der Waals surface area contributed by atoms with Crippen LogP contribution in [0, 0.1) is 10.1 Å². The van der Waals surface area contributed by atoms with E-state index in [1.54, 1.807) is 0 Å². The maximum absolute atomic E-state index is 12.9. The van der Waals surface area contributed by atoms with Crippen molar-refractivity contribution < 1.29 is 18.1 Å². The predicted molar refractivity (Wildman–Crippen MR) is 108 cm³/mol. The maximum Gasteiger partial charge on any atom is 0.289 e. The molecule has 160 valence electrons. The third-order valence-electron chi connectivity index (χ3n) is 5.58. The Labute approximate surface area is 171 Å². The maximum atomic E-state index is 12.9. The lowest BCUT2D eigenvalue weighted by molar-refractivity contribution is -0.387. The van der Waals surface area contributed by atoms with Crippen molar-refractivity contribution in [1.29, 1.82) is 0 Å². The van der Waals surface area contributed by atoms with E-state index >= 15 is 0 Å². The third-order valence-corrected chi connectivity index (χ3v) is 7.52. The van der Waals surface area contributed by atoms with Gasteiger partial charge in [-0.2, -0.15) is 4.31 Å². The van der Waals surface area contributed by atoms with Crippen LogP contribution in [0.15, 0.2) is 29.2 Å². The summed E-state index contributed by atoms with van der Waals surface area (Å²) in [6.45, 7) is 3.16. The first-order chi connectivity index (χ1) is 13.9. The van der Waals surface area contributed by atoms with Gasteiger partial charge in [-0.3, -0.25) is 19.8 Å². The highest BCUT2D eigenvalue weighted by molar-refractivity contribution is 7.89. The second-order valence-electron chi connectivity index (χ2n) is 7.55.